The van der Waals surface area contributed by atoms with Gasteiger partial charge in [0.25, 0.3) is 0 Å². The Bertz CT molecular complexity index is 512. The van der Waals surface area contributed by atoms with Crippen molar-refractivity contribution in [3.63, 3.8) is 0 Å². The van der Waals surface area contributed by atoms with E-state index in [1.165, 1.54) is 42.7 Å². The molecule has 0 aliphatic heterocycles. The van der Waals surface area contributed by atoms with Gasteiger partial charge < -0.3 is 0 Å². The predicted octanol–water partition coefficient (Wildman–Crippen LogP) is 5.62. The summed E-state index contributed by atoms with van der Waals surface area (Å²) in [5, 5.41) is 3.54. The molecule has 0 bridgehead atoms. The van der Waals surface area contributed by atoms with Gasteiger partial charge in [-0.25, -0.2) is 4.98 Å². The van der Waals surface area contributed by atoms with Crippen LogP contribution in [0.5, 0.6) is 0 Å². The molecule has 0 atom stereocenters. The van der Waals surface area contributed by atoms with E-state index in [4.69, 9.17) is 4.98 Å². The average molecular weight is 322 g/mol. The number of halogens is 1. The Balaban J connectivity index is 1.82. The molecule has 1 aliphatic rings. The number of thiazole rings is 1. The SMILES string of the molecule is Brc1ccc(-c2csc(C3CCCCC3)n2)cc1. The number of nitrogens with zero attached hydrogens (tertiary/aromatic N) is 1. The molecule has 1 fully saturated rings. The third kappa shape index (κ3) is 2.67. The molecular formula is C15H16BrNS. The quantitative estimate of drug-likeness (QED) is 0.699. The van der Waals surface area contributed by atoms with Gasteiger partial charge in [0.15, 0.2) is 0 Å². The fourth-order valence-electron chi connectivity index (χ4n) is 2.58. The van der Waals surface area contributed by atoms with Crippen molar-refractivity contribution in [1.29, 1.82) is 0 Å². The van der Waals surface area contributed by atoms with Crippen LogP contribution in [0.3, 0.4) is 0 Å². The molecule has 0 spiro atoms. The standard InChI is InChI=1S/C15H16BrNS/c16-13-8-6-11(7-9-13)14-10-18-15(17-14)12-4-2-1-3-5-12/h6-10,12H,1-5H2. The van der Waals surface area contributed by atoms with E-state index in [-0.39, 0.29) is 0 Å². The van der Waals surface area contributed by atoms with Crippen LogP contribution < -0.4 is 0 Å². The molecule has 1 aromatic heterocycles. The molecule has 1 nitrogen and oxygen atoms in total. The largest absolute Gasteiger partial charge is 0.241 e. The Hall–Kier alpha value is -0.670. The summed E-state index contributed by atoms with van der Waals surface area (Å²) in [6.07, 6.45) is 6.80. The van der Waals surface area contributed by atoms with E-state index in [2.05, 4.69) is 45.6 Å². The predicted molar refractivity (Wildman–Crippen MR) is 81.1 cm³/mol. The van der Waals surface area contributed by atoms with E-state index in [9.17, 15) is 0 Å². The number of aromatic nitrogens is 1. The maximum atomic E-state index is 4.84. The van der Waals surface area contributed by atoms with Crippen LogP contribution in [0.2, 0.25) is 0 Å². The second kappa shape index (κ2) is 5.54. The average Bonchev–Trinajstić information content (AvgIpc) is 2.90. The van der Waals surface area contributed by atoms with E-state index in [0.717, 1.165) is 10.2 Å². The molecule has 3 rings (SSSR count). The first-order chi connectivity index (χ1) is 8.83. The second-order valence-corrected chi connectivity index (χ2v) is 6.72. The third-order valence-corrected chi connectivity index (χ3v) is 5.15. The molecule has 94 valence electrons. The summed E-state index contributed by atoms with van der Waals surface area (Å²) in [6.45, 7) is 0. The van der Waals surface area contributed by atoms with Crippen LogP contribution in [0.1, 0.15) is 43.0 Å². The highest BCUT2D eigenvalue weighted by molar-refractivity contribution is 9.10. The Kier molecular flexibility index (Phi) is 3.80. The molecule has 0 saturated heterocycles. The normalized spacial score (nSPS) is 16.9. The van der Waals surface area contributed by atoms with Gasteiger partial charge in [0, 0.05) is 21.3 Å². The Labute approximate surface area is 120 Å². The van der Waals surface area contributed by atoms with Crippen LogP contribution in [0.4, 0.5) is 0 Å². The summed E-state index contributed by atoms with van der Waals surface area (Å²) in [5.74, 6) is 0.716. The number of benzene rings is 1. The van der Waals surface area contributed by atoms with E-state index >= 15 is 0 Å². The fourth-order valence-corrected chi connectivity index (χ4v) is 3.84. The number of rotatable bonds is 2. The first kappa shape index (κ1) is 12.4. The van der Waals surface area contributed by atoms with Crippen molar-refractivity contribution in [2.45, 2.75) is 38.0 Å². The molecule has 3 heteroatoms. The third-order valence-electron chi connectivity index (χ3n) is 3.62. The van der Waals surface area contributed by atoms with Gasteiger partial charge in [-0.15, -0.1) is 11.3 Å². The first-order valence-corrected chi connectivity index (χ1v) is 8.21. The van der Waals surface area contributed by atoms with Crippen molar-refractivity contribution in [1.82, 2.24) is 4.98 Å². The van der Waals surface area contributed by atoms with Gasteiger partial charge in [0.1, 0.15) is 0 Å². The van der Waals surface area contributed by atoms with Gasteiger partial charge in [-0.05, 0) is 25.0 Å². The molecule has 0 amide bonds. The molecule has 0 radical (unpaired) electrons. The van der Waals surface area contributed by atoms with E-state index in [1.807, 2.05) is 11.3 Å². The van der Waals surface area contributed by atoms with Gasteiger partial charge in [0.05, 0.1) is 10.7 Å². The minimum atomic E-state index is 0.716. The van der Waals surface area contributed by atoms with E-state index in [0.29, 0.717) is 5.92 Å². The maximum Gasteiger partial charge on any atom is 0.0963 e. The first-order valence-electron chi connectivity index (χ1n) is 6.54. The number of hydrogen-bond acceptors (Lipinski definition) is 2. The minimum absolute atomic E-state index is 0.716. The lowest BCUT2D eigenvalue weighted by atomic mass is 9.90. The summed E-state index contributed by atoms with van der Waals surface area (Å²) in [4.78, 5) is 4.84. The number of hydrogen-bond donors (Lipinski definition) is 0. The molecule has 1 aromatic carbocycles. The van der Waals surface area contributed by atoms with Crippen LogP contribution in [0.15, 0.2) is 34.1 Å². The van der Waals surface area contributed by atoms with Crippen LogP contribution >= 0.6 is 27.3 Å². The molecule has 1 heterocycles. The van der Waals surface area contributed by atoms with Gasteiger partial charge >= 0.3 is 0 Å². The smallest absolute Gasteiger partial charge is 0.0963 e. The van der Waals surface area contributed by atoms with Crippen LogP contribution in [0, 0.1) is 0 Å². The van der Waals surface area contributed by atoms with Gasteiger partial charge in [-0.2, -0.15) is 0 Å². The summed E-state index contributed by atoms with van der Waals surface area (Å²) >= 11 is 5.30. The van der Waals surface area contributed by atoms with Crippen molar-refractivity contribution in [2.75, 3.05) is 0 Å². The molecular weight excluding hydrogens is 306 g/mol. The minimum Gasteiger partial charge on any atom is -0.241 e. The molecule has 1 saturated carbocycles. The Morgan fingerprint density at radius 1 is 1.06 bits per heavy atom. The Morgan fingerprint density at radius 2 is 1.78 bits per heavy atom. The Morgan fingerprint density at radius 3 is 2.50 bits per heavy atom. The molecule has 18 heavy (non-hydrogen) atoms. The van der Waals surface area contributed by atoms with Gasteiger partial charge in [0.2, 0.25) is 0 Å². The van der Waals surface area contributed by atoms with Crippen molar-refractivity contribution in [3.05, 3.63) is 39.1 Å². The van der Waals surface area contributed by atoms with Crippen molar-refractivity contribution in [2.24, 2.45) is 0 Å². The second-order valence-electron chi connectivity index (χ2n) is 4.91. The topological polar surface area (TPSA) is 12.9 Å². The molecule has 1 aliphatic carbocycles. The highest BCUT2D eigenvalue weighted by atomic mass is 79.9. The zero-order valence-electron chi connectivity index (χ0n) is 10.2. The van der Waals surface area contributed by atoms with Crippen LogP contribution in [0.25, 0.3) is 11.3 Å². The van der Waals surface area contributed by atoms with E-state index < -0.39 is 0 Å². The zero-order chi connectivity index (χ0) is 12.4. The summed E-state index contributed by atoms with van der Waals surface area (Å²) in [7, 11) is 0. The van der Waals surface area contributed by atoms with Crippen LogP contribution in [-0.2, 0) is 0 Å². The lowest BCUT2D eigenvalue weighted by molar-refractivity contribution is 0.442. The lowest BCUT2D eigenvalue weighted by Gasteiger charge is -2.18. The summed E-state index contributed by atoms with van der Waals surface area (Å²) in [5.41, 5.74) is 2.35. The highest BCUT2D eigenvalue weighted by Crippen LogP contribution is 2.35. The van der Waals surface area contributed by atoms with E-state index in [1.54, 1.807) is 0 Å². The maximum absolute atomic E-state index is 4.84. The van der Waals surface area contributed by atoms with Gasteiger partial charge in [-0.1, -0.05) is 47.3 Å². The fraction of sp³-hybridized carbons (Fsp3) is 0.400. The van der Waals surface area contributed by atoms with Crippen molar-refractivity contribution in [3.8, 4) is 11.3 Å². The monoisotopic (exact) mass is 321 g/mol. The molecule has 2 aromatic rings. The van der Waals surface area contributed by atoms with Crippen molar-refractivity contribution >= 4 is 27.3 Å². The highest BCUT2D eigenvalue weighted by Gasteiger charge is 2.18. The summed E-state index contributed by atoms with van der Waals surface area (Å²) < 4.78 is 1.12. The molecule has 0 N–H and O–H groups in total. The zero-order valence-corrected chi connectivity index (χ0v) is 12.6. The van der Waals surface area contributed by atoms with Crippen molar-refractivity contribution < 1.29 is 0 Å². The lowest BCUT2D eigenvalue weighted by Crippen LogP contribution is -2.03. The van der Waals surface area contributed by atoms with Crippen LogP contribution in [-0.4, -0.2) is 4.98 Å². The van der Waals surface area contributed by atoms with Gasteiger partial charge in [-0.3, -0.25) is 0 Å². The molecule has 0 unspecified atom stereocenters. The summed E-state index contributed by atoms with van der Waals surface area (Å²) in [6, 6.07) is 8.41.